The number of carbonyl (C=O) groups excluding carboxylic acids is 1. The van der Waals surface area contributed by atoms with Gasteiger partial charge in [-0.2, -0.15) is 0 Å². The molecule has 1 aromatic carbocycles. The molecule has 1 unspecified atom stereocenters. The lowest BCUT2D eigenvalue weighted by molar-refractivity contribution is -0.132. The van der Waals surface area contributed by atoms with Gasteiger partial charge in [0.2, 0.25) is 5.91 Å². The first-order valence-electron chi connectivity index (χ1n) is 9.04. The molecule has 1 amide bonds. The molecule has 27 heavy (non-hydrogen) atoms. The molecule has 0 saturated heterocycles. The van der Waals surface area contributed by atoms with Gasteiger partial charge in [-0.3, -0.25) is 9.59 Å². The Kier molecular flexibility index (Phi) is 4.57. The summed E-state index contributed by atoms with van der Waals surface area (Å²) in [5.74, 6) is 0.588. The highest BCUT2D eigenvalue weighted by Gasteiger charge is 2.25. The SMILES string of the molecule is Cc1sc2nc(CCC(=O)N3Cc4ccccc4C(N)C3)[nH]c(=O)c2c1C. The number of aromatic nitrogens is 2. The van der Waals surface area contributed by atoms with Crippen molar-refractivity contribution in [3.63, 3.8) is 0 Å². The van der Waals surface area contributed by atoms with E-state index in [0.29, 0.717) is 37.1 Å². The molecule has 1 atom stereocenters. The Morgan fingerprint density at radius 2 is 2.15 bits per heavy atom. The summed E-state index contributed by atoms with van der Waals surface area (Å²) in [5.41, 5.74) is 9.29. The number of hydrogen-bond donors (Lipinski definition) is 2. The standard InChI is InChI=1S/C20H22N4O2S/c1-11-12(2)27-20-18(11)19(26)22-16(23-20)7-8-17(25)24-9-13-5-3-4-6-14(13)15(21)10-24/h3-6,15H,7-10,21H2,1-2H3,(H,22,23,26). The van der Waals surface area contributed by atoms with Gasteiger partial charge in [-0.25, -0.2) is 4.98 Å². The van der Waals surface area contributed by atoms with Crippen molar-refractivity contribution in [2.45, 2.75) is 39.3 Å². The summed E-state index contributed by atoms with van der Waals surface area (Å²) >= 11 is 1.52. The first kappa shape index (κ1) is 17.9. The maximum Gasteiger partial charge on any atom is 0.259 e. The number of benzene rings is 1. The Morgan fingerprint density at radius 3 is 2.96 bits per heavy atom. The lowest BCUT2D eigenvalue weighted by Gasteiger charge is -2.33. The molecule has 3 aromatic rings. The zero-order valence-electron chi connectivity index (χ0n) is 15.4. The van der Waals surface area contributed by atoms with Crippen molar-refractivity contribution in [3.05, 3.63) is 62.0 Å². The molecule has 2 aromatic heterocycles. The Labute approximate surface area is 161 Å². The Hall–Kier alpha value is -2.51. The van der Waals surface area contributed by atoms with E-state index in [9.17, 15) is 9.59 Å². The number of fused-ring (bicyclic) bond motifs is 2. The highest BCUT2D eigenvalue weighted by atomic mass is 32.1. The number of amides is 1. The summed E-state index contributed by atoms with van der Waals surface area (Å²) < 4.78 is 0. The number of nitrogens with zero attached hydrogens (tertiary/aromatic N) is 2. The Morgan fingerprint density at radius 1 is 1.37 bits per heavy atom. The maximum absolute atomic E-state index is 12.7. The van der Waals surface area contributed by atoms with Crippen LogP contribution in [-0.2, 0) is 17.8 Å². The Bertz CT molecular complexity index is 1090. The molecule has 3 N–H and O–H groups in total. The van der Waals surface area contributed by atoms with E-state index in [1.54, 1.807) is 4.90 Å². The highest BCUT2D eigenvalue weighted by molar-refractivity contribution is 7.18. The molecule has 0 bridgehead atoms. The van der Waals surface area contributed by atoms with E-state index in [-0.39, 0.29) is 17.5 Å². The molecule has 0 saturated carbocycles. The largest absolute Gasteiger partial charge is 0.336 e. The second-order valence-electron chi connectivity index (χ2n) is 7.06. The van der Waals surface area contributed by atoms with Crippen LogP contribution in [0.15, 0.2) is 29.1 Å². The fraction of sp³-hybridized carbons (Fsp3) is 0.350. The van der Waals surface area contributed by atoms with Crippen LogP contribution in [0.5, 0.6) is 0 Å². The topological polar surface area (TPSA) is 92.1 Å². The average Bonchev–Trinajstić information content (AvgIpc) is 2.94. The number of nitrogens with two attached hydrogens (primary N) is 1. The predicted molar refractivity (Wildman–Crippen MR) is 107 cm³/mol. The molecular formula is C20H22N4O2S. The third-order valence-corrected chi connectivity index (χ3v) is 6.35. The van der Waals surface area contributed by atoms with E-state index in [4.69, 9.17) is 5.73 Å². The number of aryl methyl sites for hydroxylation is 3. The molecule has 1 aliphatic rings. The summed E-state index contributed by atoms with van der Waals surface area (Å²) in [4.78, 5) is 36.1. The number of carbonyl (C=O) groups is 1. The van der Waals surface area contributed by atoms with Crippen LogP contribution in [0.3, 0.4) is 0 Å². The lowest BCUT2D eigenvalue weighted by atomic mass is 9.96. The van der Waals surface area contributed by atoms with Crippen LogP contribution < -0.4 is 11.3 Å². The minimum Gasteiger partial charge on any atom is -0.336 e. The van der Waals surface area contributed by atoms with Gasteiger partial charge >= 0.3 is 0 Å². The predicted octanol–water partition coefficient (Wildman–Crippen LogP) is 2.58. The summed E-state index contributed by atoms with van der Waals surface area (Å²) in [5, 5.41) is 0.659. The molecule has 0 fully saturated rings. The molecule has 0 spiro atoms. The van der Waals surface area contributed by atoms with E-state index in [0.717, 1.165) is 26.4 Å². The van der Waals surface area contributed by atoms with Crippen LogP contribution >= 0.6 is 11.3 Å². The normalized spacial score (nSPS) is 16.6. The quantitative estimate of drug-likeness (QED) is 0.728. The summed E-state index contributed by atoms with van der Waals surface area (Å²) in [7, 11) is 0. The van der Waals surface area contributed by atoms with Crippen LogP contribution in [0.25, 0.3) is 10.2 Å². The monoisotopic (exact) mass is 382 g/mol. The van der Waals surface area contributed by atoms with Gasteiger partial charge in [-0.15, -0.1) is 11.3 Å². The lowest BCUT2D eigenvalue weighted by Crippen LogP contribution is -2.41. The highest BCUT2D eigenvalue weighted by Crippen LogP contribution is 2.27. The number of hydrogen-bond acceptors (Lipinski definition) is 5. The summed E-state index contributed by atoms with van der Waals surface area (Å²) in [6.07, 6.45) is 0.708. The molecular weight excluding hydrogens is 360 g/mol. The fourth-order valence-corrected chi connectivity index (χ4v) is 4.69. The third kappa shape index (κ3) is 3.28. The van der Waals surface area contributed by atoms with Gasteiger partial charge in [0.1, 0.15) is 10.7 Å². The van der Waals surface area contributed by atoms with E-state index in [1.165, 1.54) is 11.3 Å². The molecule has 140 valence electrons. The maximum atomic E-state index is 12.7. The number of thiophene rings is 1. The van der Waals surface area contributed by atoms with E-state index < -0.39 is 0 Å². The number of nitrogens with one attached hydrogen (secondary N) is 1. The van der Waals surface area contributed by atoms with Crippen molar-refractivity contribution in [1.82, 2.24) is 14.9 Å². The molecule has 0 aliphatic carbocycles. The van der Waals surface area contributed by atoms with Crippen molar-refractivity contribution in [3.8, 4) is 0 Å². The van der Waals surface area contributed by atoms with Crippen LogP contribution in [0.1, 0.15) is 39.9 Å². The number of aromatic amines is 1. The van der Waals surface area contributed by atoms with Crippen molar-refractivity contribution < 1.29 is 4.79 Å². The van der Waals surface area contributed by atoms with Crippen molar-refractivity contribution in [2.24, 2.45) is 5.73 Å². The second kappa shape index (κ2) is 6.90. The summed E-state index contributed by atoms with van der Waals surface area (Å²) in [6, 6.07) is 7.82. The molecule has 4 rings (SSSR count). The van der Waals surface area contributed by atoms with Gasteiger partial charge in [0.05, 0.1) is 5.39 Å². The van der Waals surface area contributed by atoms with Gasteiger partial charge in [0.25, 0.3) is 5.56 Å². The van der Waals surface area contributed by atoms with Crippen molar-refractivity contribution in [1.29, 1.82) is 0 Å². The fourth-order valence-electron chi connectivity index (χ4n) is 3.64. The molecule has 3 heterocycles. The van der Waals surface area contributed by atoms with Gasteiger partial charge in [0, 0.05) is 36.9 Å². The number of H-pyrrole nitrogens is 1. The zero-order chi connectivity index (χ0) is 19.1. The minimum absolute atomic E-state index is 0.0289. The Balaban J connectivity index is 1.49. The van der Waals surface area contributed by atoms with E-state index in [2.05, 4.69) is 9.97 Å². The average molecular weight is 382 g/mol. The van der Waals surface area contributed by atoms with Gasteiger partial charge in [0.15, 0.2) is 0 Å². The van der Waals surface area contributed by atoms with Crippen LogP contribution in [0.4, 0.5) is 0 Å². The third-order valence-electron chi connectivity index (χ3n) is 5.25. The molecule has 0 radical (unpaired) electrons. The van der Waals surface area contributed by atoms with Crippen LogP contribution in [0, 0.1) is 13.8 Å². The summed E-state index contributed by atoms with van der Waals surface area (Å²) in [6.45, 7) is 5.02. The van der Waals surface area contributed by atoms with E-state index in [1.807, 2.05) is 38.1 Å². The van der Waals surface area contributed by atoms with Crippen molar-refractivity contribution >= 4 is 27.5 Å². The smallest absolute Gasteiger partial charge is 0.259 e. The van der Waals surface area contributed by atoms with Crippen LogP contribution in [-0.4, -0.2) is 27.3 Å². The second-order valence-corrected chi connectivity index (χ2v) is 8.26. The van der Waals surface area contributed by atoms with E-state index >= 15 is 0 Å². The first-order chi connectivity index (χ1) is 12.9. The first-order valence-corrected chi connectivity index (χ1v) is 9.85. The zero-order valence-corrected chi connectivity index (χ0v) is 16.2. The minimum atomic E-state index is -0.162. The van der Waals surface area contributed by atoms with Gasteiger partial charge in [-0.1, -0.05) is 24.3 Å². The molecule has 7 heteroatoms. The number of rotatable bonds is 3. The molecule has 1 aliphatic heterocycles. The van der Waals surface area contributed by atoms with Gasteiger partial charge in [-0.05, 0) is 30.5 Å². The van der Waals surface area contributed by atoms with Gasteiger partial charge < -0.3 is 15.6 Å². The van der Waals surface area contributed by atoms with Crippen molar-refractivity contribution in [2.75, 3.05) is 6.54 Å². The van der Waals surface area contributed by atoms with Crippen LogP contribution in [0.2, 0.25) is 0 Å². The molecule has 6 nitrogen and oxygen atoms in total.